The topological polar surface area (TPSA) is 6.48 Å². The molecule has 0 aliphatic heterocycles. The van der Waals surface area contributed by atoms with Crippen molar-refractivity contribution in [1.82, 2.24) is 9.80 Å². The van der Waals surface area contributed by atoms with E-state index in [-0.39, 0.29) is 0 Å². The molecule has 0 radical (unpaired) electrons. The molecule has 118 valence electrons. The van der Waals surface area contributed by atoms with Gasteiger partial charge in [0.25, 0.3) is 0 Å². The minimum absolute atomic E-state index is 0.456. The second kappa shape index (κ2) is 7.02. The molecule has 2 fully saturated rings. The molecule has 0 aromatic heterocycles. The van der Waals surface area contributed by atoms with Crippen LogP contribution in [0.2, 0.25) is 0 Å². The molecule has 0 heterocycles. The van der Waals surface area contributed by atoms with Crippen LogP contribution in [0, 0.1) is 5.41 Å². The Balaban J connectivity index is 1.93. The van der Waals surface area contributed by atoms with Gasteiger partial charge in [0.05, 0.1) is 0 Å². The molecule has 2 aliphatic rings. The van der Waals surface area contributed by atoms with Gasteiger partial charge in [-0.2, -0.15) is 12.6 Å². The molecular formula is C17H34N2S. The first-order valence-corrected chi connectivity index (χ1v) is 9.12. The molecule has 0 bridgehead atoms. The normalized spacial score (nSPS) is 25.5. The largest absolute Gasteiger partial charge is 0.304 e. The summed E-state index contributed by atoms with van der Waals surface area (Å²) in [6.07, 6.45) is 12.6. The molecule has 2 rings (SSSR count). The van der Waals surface area contributed by atoms with Gasteiger partial charge >= 0.3 is 0 Å². The van der Waals surface area contributed by atoms with E-state index in [1.165, 1.54) is 70.9 Å². The van der Waals surface area contributed by atoms with Gasteiger partial charge in [-0.1, -0.05) is 25.7 Å². The fourth-order valence-electron chi connectivity index (χ4n) is 4.31. The summed E-state index contributed by atoms with van der Waals surface area (Å²) in [5.41, 5.74) is 0.933. The molecule has 0 aromatic carbocycles. The number of hydrogen-bond donors (Lipinski definition) is 1. The first kappa shape index (κ1) is 16.6. The van der Waals surface area contributed by atoms with Crippen LogP contribution in [0.1, 0.15) is 57.8 Å². The third-order valence-electron chi connectivity index (χ3n) is 5.90. The van der Waals surface area contributed by atoms with Crippen LogP contribution < -0.4 is 0 Å². The van der Waals surface area contributed by atoms with Crippen molar-refractivity contribution in [2.75, 3.05) is 40.0 Å². The predicted molar refractivity (Wildman–Crippen MR) is 91.8 cm³/mol. The van der Waals surface area contributed by atoms with Crippen molar-refractivity contribution in [2.45, 2.75) is 63.3 Å². The molecule has 20 heavy (non-hydrogen) atoms. The lowest BCUT2D eigenvalue weighted by atomic mass is 9.74. The molecule has 3 heteroatoms. The summed E-state index contributed by atoms with van der Waals surface area (Å²) < 4.78 is 0. The minimum atomic E-state index is 0.456. The van der Waals surface area contributed by atoms with Crippen molar-refractivity contribution in [2.24, 2.45) is 5.41 Å². The summed E-state index contributed by atoms with van der Waals surface area (Å²) in [7, 11) is 6.85. The molecule has 0 N–H and O–H groups in total. The maximum atomic E-state index is 4.72. The highest BCUT2D eigenvalue weighted by Crippen LogP contribution is 2.40. The smallest absolute Gasteiger partial charge is 0.0330 e. The molecule has 2 saturated carbocycles. The van der Waals surface area contributed by atoms with Crippen LogP contribution in [-0.2, 0) is 0 Å². The predicted octanol–water partition coefficient (Wildman–Crippen LogP) is 3.67. The van der Waals surface area contributed by atoms with Gasteiger partial charge in [-0.3, -0.25) is 0 Å². The van der Waals surface area contributed by atoms with Gasteiger partial charge in [0.2, 0.25) is 0 Å². The van der Waals surface area contributed by atoms with E-state index < -0.39 is 0 Å². The highest BCUT2D eigenvalue weighted by molar-refractivity contribution is 7.80. The summed E-state index contributed by atoms with van der Waals surface area (Å²) >= 11 is 4.72. The Morgan fingerprint density at radius 1 is 0.800 bits per heavy atom. The van der Waals surface area contributed by atoms with Gasteiger partial charge in [0.15, 0.2) is 0 Å². The maximum absolute atomic E-state index is 4.72. The Hall–Kier alpha value is 0.270. The second-order valence-corrected chi connectivity index (χ2v) is 8.03. The zero-order chi connectivity index (χ0) is 14.6. The average molecular weight is 299 g/mol. The Labute approximate surface area is 131 Å². The van der Waals surface area contributed by atoms with Gasteiger partial charge in [-0.15, -0.1) is 0 Å². The number of likely N-dealkylation sites (N-methyl/N-ethyl adjacent to an activating group) is 2. The van der Waals surface area contributed by atoms with E-state index in [2.05, 4.69) is 30.9 Å². The van der Waals surface area contributed by atoms with Gasteiger partial charge in [-0.25, -0.2) is 0 Å². The summed E-state index contributed by atoms with van der Waals surface area (Å²) in [6.45, 7) is 2.47. The molecule has 0 atom stereocenters. The molecular weight excluding hydrogens is 264 g/mol. The zero-order valence-corrected chi connectivity index (χ0v) is 14.7. The SMILES string of the molecule is CN(CC1(CS)CCCCCC1)CC1(N(C)C)CCC1. The Morgan fingerprint density at radius 2 is 1.40 bits per heavy atom. The van der Waals surface area contributed by atoms with Crippen molar-refractivity contribution < 1.29 is 0 Å². The van der Waals surface area contributed by atoms with Gasteiger partial charge in [0, 0.05) is 18.6 Å². The van der Waals surface area contributed by atoms with Crippen molar-refractivity contribution in [1.29, 1.82) is 0 Å². The van der Waals surface area contributed by atoms with E-state index in [0.29, 0.717) is 11.0 Å². The highest BCUT2D eigenvalue weighted by atomic mass is 32.1. The monoisotopic (exact) mass is 298 g/mol. The highest BCUT2D eigenvalue weighted by Gasteiger charge is 2.41. The van der Waals surface area contributed by atoms with Crippen molar-refractivity contribution in [3.8, 4) is 0 Å². The lowest BCUT2D eigenvalue weighted by Crippen LogP contribution is -2.57. The van der Waals surface area contributed by atoms with Crippen LogP contribution >= 0.6 is 12.6 Å². The fraction of sp³-hybridized carbons (Fsp3) is 1.00. The molecule has 2 aliphatic carbocycles. The lowest BCUT2D eigenvalue weighted by Gasteiger charge is -2.50. The number of hydrogen-bond acceptors (Lipinski definition) is 3. The van der Waals surface area contributed by atoms with Crippen LogP contribution in [0.4, 0.5) is 0 Å². The maximum Gasteiger partial charge on any atom is 0.0330 e. The second-order valence-electron chi connectivity index (χ2n) is 7.72. The quantitative estimate of drug-likeness (QED) is 0.590. The summed E-state index contributed by atoms with van der Waals surface area (Å²) in [6, 6.07) is 0. The van der Waals surface area contributed by atoms with Gasteiger partial charge in [0.1, 0.15) is 0 Å². The van der Waals surface area contributed by atoms with Crippen LogP contribution in [-0.4, -0.2) is 55.3 Å². The van der Waals surface area contributed by atoms with E-state index in [1.54, 1.807) is 0 Å². The first-order chi connectivity index (χ1) is 9.52. The zero-order valence-electron chi connectivity index (χ0n) is 13.8. The van der Waals surface area contributed by atoms with Crippen LogP contribution in [0.15, 0.2) is 0 Å². The molecule has 0 spiro atoms. The van der Waals surface area contributed by atoms with Gasteiger partial charge < -0.3 is 9.80 Å². The van der Waals surface area contributed by atoms with E-state index in [4.69, 9.17) is 12.6 Å². The number of thiol groups is 1. The molecule has 2 nitrogen and oxygen atoms in total. The van der Waals surface area contributed by atoms with E-state index in [1.807, 2.05) is 0 Å². The minimum Gasteiger partial charge on any atom is -0.304 e. The summed E-state index contributed by atoms with van der Waals surface area (Å²) in [4.78, 5) is 5.08. The standard InChI is InChI=1S/C17H34N2S/c1-18(2)17(11-8-12-17)14-19(3)13-16(15-20)9-6-4-5-7-10-16/h20H,4-15H2,1-3H3. The van der Waals surface area contributed by atoms with Gasteiger partial charge in [-0.05, 0) is 64.4 Å². The lowest BCUT2D eigenvalue weighted by molar-refractivity contribution is 0.0162. The van der Waals surface area contributed by atoms with E-state index in [9.17, 15) is 0 Å². The molecule has 0 amide bonds. The molecule has 0 aromatic rings. The molecule has 0 saturated heterocycles. The van der Waals surface area contributed by atoms with Crippen molar-refractivity contribution >= 4 is 12.6 Å². The van der Waals surface area contributed by atoms with Crippen LogP contribution in [0.25, 0.3) is 0 Å². The fourth-order valence-corrected chi connectivity index (χ4v) is 4.72. The van der Waals surface area contributed by atoms with E-state index in [0.717, 1.165) is 5.75 Å². The molecule has 0 unspecified atom stereocenters. The Kier molecular flexibility index (Phi) is 5.84. The van der Waals surface area contributed by atoms with Crippen LogP contribution in [0.3, 0.4) is 0 Å². The third-order valence-corrected chi connectivity index (χ3v) is 6.57. The van der Waals surface area contributed by atoms with Crippen LogP contribution in [0.5, 0.6) is 0 Å². The summed E-state index contributed by atoms with van der Waals surface area (Å²) in [5, 5.41) is 0. The number of nitrogens with zero attached hydrogens (tertiary/aromatic N) is 2. The summed E-state index contributed by atoms with van der Waals surface area (Å²) in [5.74, 6) is 1.06. The first-order valence-electron chi connectivity index (χ1n) is 8.49. The average Bonchev–Trinajstić information content (AvgIpc) is 2.59. The van der Waals surface area contributed by atoms with E-state index >= 15 is 0 Å². The number of rotatable bonds is 6. The Morgan fingerprint density at radius 3 is 1.80 bits per heavy atom. The van der Waals surface area contributed by atoms with Crippen molar-refractivity contribution in [3.63, 3.8) is 0 Å². The van der Waals surface area contributed by atoms with Crippen molar-refractivity contribution in [3.05, 3.63) is 0 Å². The third kappa shape index (κ3) is 3.72. The Bertz CT molecular complexity index is 291.